The van der Waals surface area contributed by atoms with Crippen molar-refractivity contribution in [2.75, 3.05) is 0 Å². The molecule has 1 atom stereocenters. The van der Waals surface area contributed by atoms with Gasteiger partial charge in [0.05, 0.1) is 5.54 Å². The summed E-state index contributed by atoms with van der Waals surface area (Å²) in [6.07, 6.45) is 2.67. The molecular formula is C14H18ClN3O2. The van der Waals surface area contributed by atoms with Crippen molar-refractivity contribution in [3.05, 3.63) is 42.0 Å². The van der Waals surface area contributed by atoms with E-state index in [1.165, 1.54) is 0 Å². The number of rotatable bonds is 4. The molecule has 1 saturated carbocycles. The van der Waals surface area contributed by atoms with Gasteiger partial charge in [-0.15, -0.1) is 12.4 Å². The predicted molar refractivity (Wildman–Crippen MR) is 76.7 cm³/mol. The normalized spacial score (nSPS) is 17.7. The fourth-order valence-electron chi connectivity index (χ4n) is 2.14. The van der Waals surface area contributed by atoms with Crippen LogP contribution in [0.5, 0.6) is 5.75 Å². The number of halogens is 1. The van der Waals surface area contributed by atoms with Crippen LogP contribution in [0.4, 0.5) is 0 Å². The van der Waals surface area contributed by atoms with Gasteiger partial charge in [0.1, 0.15) is 5.75 Å². The molecule has 0 bridgehead atoms. The average molecular weight is 296 g/mol. The second-order valence-corrected chi connectivity index (χ2v) is 5.04. The minimum atomic E-state index is -0.395. The van der Waals surface area contributed by atoms with Crippen molar-refractivity contribution >= 4 is 12.4 Å². The summed E-state index contributed by atoms with van der Waals surface area (Å²) >= 11 is 0. The highest BCUT2D eigenvalue weighted by molar-refractivity contribution is 5.85. The number of ether oxygens (including phenoxy) is 1. The van der Waals surface area contributed by atoms with Crippen LogP contribution in [0.25, 0.3) is 0 Å². The number of benzene rings is 1. The minimum absolute atomic E-state index is 0. The molecule has 20 heavy (non-hydrogen) atoms. The maximum absolute atomic E-state index is 6.16. The molecule has 2 aromatic rings. The molecule has 0 aliphatic heterocycles. The van der Waals surface area contributed by atoms with E-state index in [1.807, 2.05) is 37.3 Å². The van der Waals surface area contributed by atoms with Crippen molar-refractivity contribution in [2.24, 2.45) is 5.73 Å². The van der Waals surface area contributed by atoms with Crippen molar-refractivity contribution in [1.29, 1.82) is 0 Å². The molecule has 0 saturated heterocycles. The first-order chi connectivity index (χ1) is 9.17. The Balaban J connectivity index is 0.00000147. The number of para-hydroxylation sites is 1. The van der Waals surface area contributed by atoms with E-state index in [4.69, 9.17) is 15.0 Å². The van der Waals surface area contributed by atoms with E-state index in [9.17, 15) is 0 Å². The van der Waals surface area contributed by atoms with Gasteiger partial charge in [-0.1, -0.05) is 23.4 Å². The van der Waals surface area contributed by atoms with E-state index in [2.05, 4.69) is 10.1 Å². The van der Waals surface area contributed by atoms with Crippen molar-refractivity contribution in [3.8, 4) is 5.75 Å². The quantitative estimate of drug-likeness (QED) is 0.938. The summed E-state index contributed by atoms with van der Waals surface area (Å²) in [5, 5.41) is 3.98. The van der Waals surface area contributed by atoms with Crippen LogP contribution in [0, 0.1) is 0 Å². The topological polar surface area (TPSA) is 74.2 Å². The van der Waals surface area contributed by atoms with Crippen molar-refractivity contribution in [1.82, 2.24) is 10.1 Å². The van der Waals surface area contributed by atoms with Crippen LogP contribution in [-0.2, 0) is 5.54 Å². The minimum Gasteiger partial charge on any atom is -0.481 e. The third-order valence-corrected chi connectivity index (χ3v) is 3.54. The lowest BCUT2D eigenvalue weighted by molar-refractivity contribution is 0.174. The highest BCUT2D eigenvalue weighted by atomic mass is 35.5. The summed E-state index contributed by atoms with van der Waals surface area (Å²) in [6.45, 7) is 1.88. The second-order valence-electron chi connectivity index (χ2n) is 5.04. The van der Waals surface area contributed by atoms with Gasteiger partial charge in [-0.2, -0.15) is 4.98 Å². The number of nitrogens with zero attached hydrogens (tertiary/aromatic N) is 2. The van der Waals surface area contributed by atoms with Gasteiger partial charge in [0.2, 0.25) is 0 Å². The van der Waals surface area contributed by atoms with Gasteiger partial charge in [-0.25, -0.2) is 0 Å². The maximum atomic E-state index is 6.16. The molecule has 1 aromatic carbocycles. The Hall–Kier alpha value is -1.59. The van der Waals surface area contributed by atoms with Gasteiger partial charge in [-0.3, -0.25) is 0 Å². The fourth-order valence-corrected chi connectivity index (χ4v) is 2.14. The summed E-state index contributed by atoms with van der Waals surface area (Å²) in [5.41, 5.74) is 5.77. The number of hydrogen-bond acceptors (Lipinski definition) is 5. The lowest BCUT2D eigenvalue weighted by atomic mass is 9.77. The van der Waals surface area contributed by atoms with E-state index >= 15 is 0 Å². The van der Waals surface area contributed by atoms with E-state index < -0.39 is 5.54 Å². The molecule has 108 valence electrons. The molecule has 5 nitrogen and oxygen atoms in total. The van der Waals surface area contributed by atoms with Gasteiger partial charge < -0.3 is 15.0 Å². The number of nitrogens with two attached hydrogens (primary N) is 1. The molecule has 1 aliphatic rings. The molecule has 0 amide bonds. The maximum Gasteiger partial charge on any atom is 0.267 e. The van der Waals surface area contributed by atoms with E-state index in [-0.39, 0.29) is 18.5 Å². The summed E-state index contributed by atoms with van der Waals surface area (Å²) in [6, 6.07) is 9.57. The van der Waals surface area contributed by atoms with Crippen LogP contribution in [-0.4, -0.2) is 10.1 Å². The molecule has 6 heteroatoms. The lowest BCUT2D eigenvalue weighted by Crippen LogP contribution is -2.44. The van der Waals surface area contributed by atoms with Crippen LogP contribution in [0.1, 0.15) is 44.0 Å². The molecule has 0 radical (unpaired) electrons. The first kappa shape index (κ1) is 14.8. The smallest absolute Gasteiger partial charge is 0.267 e. The predicted octanol–water partition coefficient (Wildman–Crippen LogP) is 2.97. The molecular weight excluding hydrogens is 278 g/mol. The third kappa shape index (κ3) is 2.78. The van der Waals surface area contributed by atoms with Crippen molar-refractivity contribution < 1.29 is 9.26 Å². The molecule has 2 N–H and O–H groups in total. The molecule has 1 fully saturated rings. The Kier molecular flexibility index (Phi) is 4.30. The van der Waals surface area contributed by atoms with Crippen molar-refractivity contribution in [2.45, 2.75) is 37.8 Å². The van der Waals surface area contributed by atoms with E-state index in [0.29, 0.717) is 11.7 Å². The third-order valence-electron chi connectivity index (χ3n) is 3.54. The zero-order chi connectivity index (χ0) is 13.3. The fraction of sp³-hybridized carbons (Fsp3) is 0.429. The van der Waals surface area contributed by atoms with Gasteiger partial charge >= 0.3 is 0 Å². The van der Waals surface area contributed by atoms with Crippen LogP contribution < -0.4 is 10.5 Å². The molecule has 1 heterocycles. The number of aromatic nitrogens is 2. The summed E-state index contributed by atoms with van der Waals surface area (Å²) in [4.78, 5) is 4.37. The average Bonchev–Trinajstić information content (AvgIpc) is 2.87. The molecule has 0 spiro atoms. The SMILES string of the molecule is CC(Oc1ccccc1)c1nc(C2(N)CCC2)no1.Cl. The zero-order valence-corrected chi connectivity index (χ0v) is 12.1. The summed E-state index contributed by atoms with van der Waals surface area (Å²) < 4.78 is 11.0. The molecule has 1 unspecified atom stereocenters. The van der Waals surface area contributed by atoms with Gasteiger partial charge in [-0.05, 0) is 38.3 Å². The van der Waals surface area contributed by atoms with Crippen LogP contribution in [0.3, 0.4) is 0 Å². The van der Waals surface area contributed by atoms with E-state index in [1.54, 1.807) is 0 Å². The Bertz CT molecular complexity index is 555. The first-order valence-electron chi connectivity index (χ1n) is 6.52. The number of hydrogen-bond donors (Lipinski definition) is 1. The van der Waals surface area contributed by atoms with Crippen molar-refractivity contribution in [3.63, 3.8) is 0 Å². The van der Waals surface area contributed by atoms with E-state index in [0.717, 1.165) is 25.0 Å². The Morgan fingerprint density at radius 1 is 1.30 bits per heavy atom. The zero-order valence-electron chi connectivity index (χ0n) is 11.3. The largest absolute Gasteiger partial charge is 0.481 e. The Morgan fingerprint density at radius 2 is 2.00 bits per heavy atom. The lowest BCUT2D eigenvalue weighted by Gasteiger charge is -2.34. The molecule has 1 aromatic heterocycles. The highest BCUT2D eigenvalue weighted by Crippen LogP contribution is 2.37. The van der Waals surface area contributed by atoms with Gasteiger partial charge in [0.15, 0.2) is 11.9 Å². The van der Waals surface area contributed by atoms with Gasteiger partial charge in [0, 0.05) is 0 Å². The van der Waals surface area contributed by atoms with Crippen LogP contribution in [0.2, 0.25) is 0 Å². The highest BCUT2D eigenvalue weighted by Gasteiger charge is 2.39. The van der Waals surface area contributed by atoms with Crippen LogP contribution >= 0.6 is 12.4 Å². The van der Waals surface area contributed by atoms with Crippen LogP contribution in [0.15, 0.2) is 34.9 Å². The van der Waals surface area contributed by atoms with Gasteiger partial charge in [0.25, 0.3) is 5.89 Å². The Morgan fingerprint density at radius 3 is 2.60 bits per heavy atom. The molecule has 1 aliphatic carbocycles. The Labute approximate surface area is 123 Å². The molecule has 3 rings (SSSR count). The summed E-state index contributed by atoms with van der Waals surface area (Å²) in [5.74, 6) is 1.84. The summed E-state index contributed by atoms with van der Waals surface area (Å²) in [7, 11) is 0. The standard InChI is InChI=1S/C14H17N3O2.ClH/c1-10(18-11-6-3-2-4-7-11)12-16-13(17-19-12)14(15)8-5-9-14;/h2-4,6-7,10H,5,8-9,15H2,1H3;1H. The first-order valence-corrected chi connectivity index (χ1v) is 6.52. The monoisotopic (exact) mass is 295 g/mol. The second kappa shape index (κ2) is 5.81.